The summed E-state index contributed by atoms with van der Waals surface area (Å²) < 4.78 is 10.9. The summed E-state index contributed by atoms with van der Waals surface area (Å²) >= 11 is 0. The van der Waals surface area contributed by atoms with Crippen LogP contribution >= 0.6 is 0 Å². The summed E-state index contributed by atoms with van der Waals surface area (Å²) in [6.07, 6.45) is 4.68. The summed E-state index contributed by atoms with van der Waals surface area (Å²) in [6.45, 7) is 0.659. The summed E-state index contributed by atoms with van der Waals surface area (Å²) in [6, 6.07) is 0. The van der Waals surface area contributed by atoms with E-state index in [0.717, 1.165) is 32.0 Å². The number of ether oxygens (including phenoxy) is 2. The van der Waals surface area contributed by atoms with Crippen LogP contribution in [0, 0.1) is 5.41 Å². The molecule has 12 heavy (non-hydrogen) atoms. The number of hydrogen-bond donors (Lipinski definition) is 0. The van der Waals surface area contributed by atoms with Gasteiger partial charge < -0.3 is 14.3 Å². The molecule has 1 aliphatic heterocycles. The average molecular weight is 170 g/mol. The van der Waals surface area contributed by atoms with Gasteiger partial charge in [0.15, 0.2) is 5.79 Å². The molecule has 0 spiro atoms. The Labute approximate surface area is 72.0 Å². The van der Waals surface area contributed by atoms with Gasteiger partial charge in [-0.3, -0.25) is 0 Å². The Kier molecular flexibility index (Phi) is 1.73. The maximum atomic E-state index is 11.0. The van der Waals surface area contributed by atoms with Gasteiger partial charge >= 0.3 is 0 Å². The van der Waals surface area contributed by atoms with E-state index in [4.69, 9.17) is 9.47 Å². The lowest BCUT2D eigenvalue weighted by atomic mass is 9.82. The molecule has 0 N–H and O–H groups in total. The minimum absolute atomic E-state index is 0.332. The maximum absolute atomic E-state index is 11.0. The predicted octanol–water partition coefficient (Wildman–Crippen LogP) is 1.12. The van der Waals surface area contributed by atoms with Crippen LogP contribution in [0.25, 0.3) is 0 Å². The zero-order valence-electron chi connectivity index (χ0n) is 7.34. The van der Waals surface area contributed by atoms with E-state index in [1.54, 1.807) is 7.11 Å². The first-order chi connectivity index (χ1) is 5.79. The number of fused-ring (bicyclic) bond motifs is 1. The van der Waals surface area contributed by atoms with Crippen molar-refractivity contribution in [1.82, 2.24) is 0 Å². The molecular formula is C9H14O3. The van der Waals surface area contributed by atoms with Crippen molar-refractivity contribution >= 4 is 6.29 Å². The van der Waals surface area contributed by atoms with Gasteiger partial charge in [-0.15, -0.1) is 0 Å². The highest BCUT2D eigenvalue weighted by Gasteiger charge is 2.60. The third-order valence-electron chi connectivity index (χ3n) is 3.33. The summed E-state index contributed by atoms with van der Waals surface area (Å²) in [5, 5.41) is 0. The summed E-state index contributed by atoms with van der Waals surface area (Å²) in [5.74, 6) is -0.575. The summed E-state index contributed by atoms with van der Waals surface area (Å²) in [5.41, 5.74) is -0.332. The molecule has 0 unspecified atom stereocenters. The van der Waals surface area contributed by atoms with Gasteiger partial charge in [0.05, 0.1) is 12.0 Å². The standard InChI is InChI=1S/C9H14O3/c1-11-9-4-2-3-8(9,7-10)5-6-12-9/h7H,2-6H2,1H3/t8-,9-/m1/s1. The molecule has 2 aliphatic rings. The lowest BCUT2D eigenvalue weighted by Gasteiger charge is -2.33. The molecule has 2 atom stereocenters. The van der Waals surface area contributed by atoms with E-state index < -0.39 is 5.79 Å². The smallest absolute Gasteiger partial charge is 0.180 e. The van der Waals surface area contributed by atoms with Crippen LogP contribution in [-0.2, 0) is 14.3 Å². The van der Waals surface area contributed by atoms with Crippen LogP contribution in [-0.4, -0.2) is 25.8 Å². The molecule has 0 radical (unpaired) electrons. The summed E-state index contributed by atoms with van der Waals surface area (Å²) in [4.78, 5) is 11.0. The number of aldehydes is 1. The molecule has 1 saturated heterocycles. The van der Waals surface area contributed by atoms with Crippen LogP contribution in [0.2, 0.25) is 0 Å². The Balaban J connectivity index is 2.34. The van der Waals surface area contributed by atoms with Gasteiger partial charge in [-0.05, 0) is 19.3 Å². The van der Waals surface area contributed by atoms with E-state index in [0.29, 0.717) is 6.61 Å². The van der Waals surface area contributed by atoms with Crippen LogP contribution < -0.4 is 0 Å². The van der Waals surface area contributed by atoms with Crippen molar-refractivity contribution in [3.8, 4) is 0 Å². The van der Waals surface area contributed by atoms with Crippen molar-refractivity contribution in [3.05, 3.63) is 0 Å². The van der Waals surface area contributed by atoms with Gasteiger partial charge in [0.1, 0.15) is 6.29 Å². The van der Waals surface area contributed by atoms with Crippen molar-refractivity contribution in [2.24, 2.45) is 5.41 Å². The molecule has 0 amide bonds. The number of hydrogen-bond acceptors (Lipinski definition) is 3. The van der Waals surface area contributed by atoms with E-state index in [-0.39, 0.29) is 5.41 Å². The fourth-order valence-electron chi connectivity index (χ4n) is 2.58. The van der Waals surface area contributed by atoms with Crippen LogP contribution in [0.4, 0.5) is 0 Å². The molecule has 1 heterocycles. The zero-order valence-corrected chi connectivity index (χ0v) is 7.34. The SMILES string of the molecule is CO[C@@]12CCC[C@]1(C=O)CCO2. The largest absolute Gasteiger partial charge is 0.352 e. The first kappa shape index (κ1) is 8.20. The highest BCUT2D eigenvalue weighted by Crippen LogP contribution is 2.54. The second-order valence-corrected chi connectivity index (χ2v) is 3.68. The average Bonchev–Trinajstić information content (AvgIpc) is 2.58. The molecule has 0 aromatic carbocycles. The fraction of sp³-hybridized carbons (Fsp3) is 0.889. The Hall–Kier alpha value is -0.410. The Morgan fingerprint density at radius 3 is 2.83 bits per heavy atom. The van der Waals surface area contributed by atoms with E-state index >= 15 is 0 Å². The topological polar surface area (TPSA) is 35.5 Å². The third-order valence-corrected chi connectivity index (χ3v) is 3.33. The van der Waals surface area contributed by atoms with Crippen molar-refractivity contribution < 1.29 is 14.3 Å². The van der Waals surface area contributed by atoms with Gasteiger partial charge in [-0.2, -0.15) is 0 Å². The van der Waals surface area contributed by atoms with Crippen LogP contribution in [0.15, 0.2) is 0 Å². The Bertz CT molecular complexity index is 190. The Morgan fingerprint density at radius 1 is 1.42 bits per heavy atom. The third kappa shape index (κ3) is 0.756. The van der Waals surface area contributed by atoms with E-state index in [9.17, 15) is 4.79 Å². The van der Waals surface area contributed by atoms with Gasteiger partial charge in [-0.1, -0.05) is 0 Å². The number of carbonyl (C=O) groups excluding carboxylic acids is 1. The van der Waals surface area contributed by atoms with Crippen LogP contribution in [0.3, 0.4) is 0 Å². The number of methoxy groups -OCH3 is 1. The van der Waals surface area contributed by atoms with Gasteiger partial charge in [0, 0.05) is 13.5 Å². The molecule has 68 valence electrons. The van der Waals surface area contributed by atoms with Crippen molar-refractivity contribution in [2.75, 3.05) is 13.7 Å². The second-order valence-electron chi connectivity index (χ2n) is 3.68. The second kappa shape index (κ2) is 2.54. The molecule has 2 fully saturated rings. The van der Waals surface area contributed by atoms with E-state index in [2.05, 4.69) is 0 Å². The number of rotatable bonds is 2. The lowest BCUT2D eigenvalue weighted by Crippen LogP contribution is -2.43. The molecule has 0 aromatic rings. The van der Waals surface area contributed by atoms with Gasteiger partial charge in [0.2, 0.25) is 0 Å². The fourth-order valence-corrected chi connectivity index (χ4v) is 2.58. The molecule has 3 heteroatoms. The molecule has 0 aromatic heterocycles. The van der Waals surface area contributed by atoms with Gasteiger partial charge in [0.25, 0.3) is 0 Å². The molecule has 3 nitrogen and oxygen atoms in total. The molecule has 0 bridgehead atoms. The molecule has 2 rings (SSSR count). The normalized spacial score (nSPS) is 46.1. The van der Waals surface area contributed by atoms with Crippen molar-refractivity contribution in [2.45, 2.75) is 31.5 Å². The summed E-state index contributed by atoms with van der Waals surface area (Å²) in [7, 11) is 1.63. The molecule has 1 aliphatic carbocycles. The highest BCUT2D eigenvalue weighted by molar-refractivity contribution is 5.62. The quantitative estimate of drug-likeness (QED) is 0.582. The van der Waals surface area contributed by atoms with Gasteiger partial charge in [-0.25, -0.2) is 0 Å². The van der Waals surface area contributed by atoms with Crippen LogP contribution in [0.5, 0.6) is 0 Å². The Morgan fingerprint density at radius 2 is 2.25 bits per heavy atom. The maximum Gasteiger partial charge on any atom is 0.180 e. The van der Waals surface area contributed by atoms with E-state index in [1.165, 1.54) is 0 Å². The highest BCUT2D eigenvalue weighted by atomic mass is 16.7. The number of carbonyl (C=O) groups is 1. The lowest BCUT2D eigenvalue weighted by molar-refractivity contribution is -0.224. The molecule has 1 saturated carbocycles. The molecular weight excluding hydrogens is 156 g/mol. The zero-order chi connectivity index (χ0) is 8.66. The van der Waals surface area contributed by atoms with Crippen LogP contribution in [0.1, 0.15) is 25.7 Å². The van der Waals surface area contributed by atoms with E-state index in [1.807, 2.05) is 0 Å². The first-order valence-electron chi connectivity index (χ1n) is 4.44. The predicted molar refractivity (Wildman–Crippen MR) is 42.7 cm³/mol. The first-order valence-corrected chi connectivity index (χ1v) is 4.44. The minimum Gasteiger partial charge on any atom is -0.352 e. The monoisotopic (exact) mass is 170 g/mol. The van der Waals surface area contributed by atoms with Crippen molar-refractivity contribution in [1.29, 1.82) is 0 Å². The van der Waals surface area contributed by atoms with Crippen molar-refractivity contribution in [3.63, 3.8) is 0 Å². The minimum atomic E-state index is -0.575.